The second-order valence-electron chi connectivity index (χ2n) is 6.00. The van der Waals surface area contributed by atoms with E-state index in [0.29, 0.717) is 25.2 Å². The Balaban J connectivity index is 2.20. The molecule has 0 N–H and O–H groups in total. The molecule has 0 aromatic heterocycles. The van der Waals surface area contributed by atoms with Crippen molar-refractivity contribution in [1.29, 1.82) is 0 Å². The number of allylic oxidation sites excluding steroid dienone is 2. The molecule has 0 aliphatic heterocycles. The minimum absolute atomic E-state index is 0.0389. The second kappa shape index (κ2) is 10.3. The number of rotatable bonds is 10. The summed E-state index contributed by atoms with van der Waals surface area (Å²) in [4.78, 5) is 34.1. The van der Waals surface area contributed by atoms with Crippen molar-refractivity contribution in [2.75, 3.05) is 6.61 Å². The van der Waals surface area contributed by atoms with Crippen LogP contribution in [0.4, 0.5) is 0 Å². The first-order valence-electron chi connectivity index (χ1n) is 8.41. The Morgan fingerprint density at radius 2 is 1.95 bits per heavy atom. The predicted molar refractivity (Wildman–Crippen MR) is 85.4 cm³/mol. The summed E-state index contributed by atoms with van der Waals surface area (Å²) in [7, 11) is 0. The van der Waals surface area contributed by atoms with Gasteiger partial charge < -0.3 is 4.74 Å². The van der Waals surface area contributed by atoms with Gasteiger partial charge in [0.05, 0.1) is 6.61 Å². The van der Waals surface area contributed by atoms with Gasteiger partial charge in [-0.2, -0.15) is 0 Å². The van der Waals surface area contributed by atoms with Crippen LogP contribution in [-0.4, -0.2) is 24.1 Å². The van der Waals surface area contributed by atoms with Crippen molar-refractivity contribution >= 4 is 17.5 Å². The van der Waals surface area contributed by atoms with Gasteiger partial charge in [-0.15, -0.1) is 0 Å². The Hall–Kier alpha value is -1.45. The third-order valence-corrected chi connectivity index (χ3v) is 4.18. The molecule has 2 unspecified atom stereocenters. The van der Waals surface area contributed by atoms with Crippen molar-refractivity contribution < 1.29 is 19.1 Å². The zero-order chi connectivity index (χ0) is 16.4. The molecule has 0 aromatic rings. The predicted octanol–water partition coefficient (Wildman–Crippen LogP) is 3.63. The van der Waals surface area contributed by atoms with Crippen molar-refractivity contribution in [2.24, 2.45) is 11.8 Å². The lowest BCUT2D eigenvalue weighted by atomic mass is 9.89. The maximum absolute atomic E-state index is 11.9. The summed E-state index contributed by atoms with van der Waals surface area (Å²) < 4.78 is 4.89. The fourth-order valence-corrected chi connectivity index (χ4v) is 3.02. The fraction of sp³-hybridized carbons (Fsp3) is 0.722. The molecule has 1 rings (SSSR count). The molecule has 124 valence electrons. The quantitative estimate of drug-likeness (QED) is 0.351. The Morgan fingerprint density at radius 1 is 1.23 bits per heavy atom. The van der Waals surface area contributed by atoms with Crippen LogP contribution in [0.3, 0.4) is 0 Å². The number of ketones is 2. The van der Waals surface area contributed by atoms with Gasteiger partial charge in [-0.25, -0.2) is 0 Å². The summed E-state index contributed by atoms with van der Waals surface area (Å²) in [5.41, 5.74) is 0. The molecule has 1 fully saturated rings. The Morgan fingerprint density at radius 3 is 2.64 bits per heavy atom. The maximum Gasteiger partial charge on any atom is 0.305 e. The third-order valence-electron chi connectivity index (χ3n) is 4.18. The highest BCUT2D eigenvalue weighted by molar-refractivity contribution is 5.88. The van der Waals surface area contributed by atoms with Gasteiger partial charge in [-0.3, -0.25) is 14.4 Å². The monoisotopic (exact) mass is 308 g/mol. The normalized spacial score (nSPS) is 21.5. The van der Waals surface area contributed by atoms with E-state index in [1.807, 2.05) is 13.0 Å². The smallest absolute Gasteiger partial charge is 0.305 e. The molecule has 0 bridgehead atoms. The van der Waals surface area contributed by atoms with Gasteiger partial charge >= 0.3 is 5.97 Å². The molecule has 0 saturated heterocycles. The Bertz CT molecular complexity index is 411. The molecule has 4 nitrogen and oxygen atoms in total. The molecule has 4 heteroatoms. The van der Waals surface area contributed by atoms with E-state index in [1.165, 1.54) is 6.92 Å². The molecule has 1 aliphatic carbocycles. The van der Waals surface area contributed by atoms with E-state index in [0.717, 1.165) is 38.5 Å². The first-order chi connectivity index (χ1) is 10.5. The minimum Gasteiger partial charge on any atom is -0.466 e. The average Bonchev–Trinajstić information content (AvgIpc) is 2.81. The zero-order valence-electron chi connectivity index (χ0n) is 13.8. The van der Waals surface area contributed by atoms with E-state index >= 15 is 0 Å². The molecule has 0 aromatic carbocycles. The highest BCUT2D eigenvalue weighted by atomic mass is 16.5. The third kappa shape index (κ3) is 7.01. The summed E-state index contributed by atoms with van der Waals surface area (Å²) in [5, 5.41) is 0. The van der Waals surface area contributed by atoms with Crippen LogP contribution in [0.2, 0.25) is 0 Å². The van der Waals surface area contributed by atoms with Crippen molar-refractivity contribution in [3.63, 3.8) is 0 Å². The van der Waals surface area contributed by atoms with Crippen LogP contribution >= 0.6 is 0 Å². The molecule has 22 heavy (non-hydrogen) atoms. The van der Waals surface area contributed by atoms with E-state index in [9.17, 15) is 14.4 Å². The van der Waals surface area contributed by atoms with Gasteiger partial charge in [0, 0.05) is 18.8 Å². The number of carbonyl (C=O) groups excluding carboxylic acids is 3. The van der Waals surface area contributed by atoms with Crippen LogP contribution in [0.15, 0.2) is 12.2 Å². The van der Waals surface area contributed by atoms with Crippen molar-refractivity contribution in [1.82, 2.24) is 0 Å². The van der Waals surface area contributed by atoms with E-state index in [1.54, 1.807) is 6.08 Å². The summed E-state index contributed by atoms with van der Waals surface area (Å²) in [6.45, 7) is 3.79. The summed E-state index contributed by atoms with van der Waals surface area (Å²) in [6, 6.07) is 0. The van der Waals surface area contributed by atoms with Crippen LogP contribution in [0.1, 0.15) is 65.2 Å². The van der Waals surface area contributed by atoms with Crippen molar-refractivity contribution in [3.8, 4) is 0 Å². The average molecular weight is 308 g/mol. The standard InChI is InChI=1S/C18H28O4/c1-3-22-18(21)9-7-5-4-6-8-16-15(11-10-14(2)19)12-13-17(16)20/h10-11,15-16H,3-9,12-13H2,1-2H3. The van der Waals surface area contributed by atoms with Crippen molar-refractivity contribution in [3.05, 3.63) is 12.2 Å². The topological polar surface area (TPSA) is 60.4 Å². The Kier molecular flexibility index (Phi) is 8.71. The highest BCUT2D eigenvalue weighted by Gasteiger charge is 2.32. The van der Waals surface area contributed by atoms with Crippen molar-refractivity contribution in [2.45, 2.75) is 65.2 Å². The van der Waals surface area contributed by atoms with Crippen LogP contribution in [0, 0.1) is 11.8 Å². The largest absolute Gasteiger partial charge is 0.466 e. The first-order valence-corrected chi connectivity index (χ1v) is 8.41. The second-order valence-corrected chi connectivity index (χ2v) is 6.00. The SMILES string of the molecule is CCOC(=O)CCCCCCC1C(=O)CCC1C=CC(C)=O. The lowest BCUT2D eigenvalue weighted by Crippen LogP contribution is -2.13. The van der Waals surface area contributed by atoms with Gasteiger partial charge in [-0.1, -0.05) is 25.3 Å². The maximum atomic E-state index is 11.9. The van der Waals surface area contributed by atoms with E-state index in [-0.39, 0.29) is 23.6 Å². The summed E-state index contributed by atoms with van der Waals surface area (Å²) in [6.07, 6.45) is 10.3. The highest BCUT2D eigenvalue weighted by Crippen LogP contribution is 2.33. The number of hydrogen-bond donors (Lipinski definition) is 0. The fourth-order valence-electron chi connectivity index (χ4n) is 3.02. The molecule has 1 saturated carbocycles. The number of ether oxygens (including phenoxy) is 1. The van der Waals surface area contributed by atoms with Gasteiger partial charge in [0.2, 0.25) is 0 Å². The van der Waals surface area contributed by atoms with Crippen LogP contribution < -0.4 is 0 Å². The number of hydrogen-bond acceptors (Lipinski definition) is 4. The van der Waals surface area contributed by atoms with Gasteiger partial charge in [0.15, 0.2) is 5.78 Å². The molecular weight excluding hydrogens is 280 g/mol. The number of esters is 1. The molecular formula is C18H28O4. The molecule has 0 radical (unpaired) electrons. The van der Waals surface area contributed by atoms with Crippen LogP contribution in [0.5, 0.6) is 0 Å². The number of carbonyl (C=O) groups is 3. The van der Waals surface area contributed by atoms with Crippen LogP contribution in [-0.2, 0) is 19.1 Å². The molecule has 2 atom stereocenters. The number of Topliss-reactive ketones (excluding diaryl/α,β-unsaturated/α-hetero) is 1. The van der Waals surface area contributed by atoms with Crippen LogP contribution in [0.25, 0.3) is 0 Å². The molecule has 0 amide bonds. The lowest BCUT2D eigenvalue weighted by Gasteiger charge is -2.14. The van der Waals surface area contributed by atoms with E-state index < -0.39 is 0 Å². The zero-order valence-corrected chi connectivity index (χ0v) is 13.8. The lowest BCUT2D eigenvalue weighted by molar-refractivity contribution is -0.143. The minimum atomic E-state index is -0.122. The number of unbranched alkanes of at least 4 members (excludes halogenated alkanes) is 3. The van der Waals surface area contributed by atoms with Gasteiger partial charge in [0.1, 0.15) is 5.78 Å². The molecule has 0 spiro atoms. The Labute approximate surface area is 133 Å². The van der Waals surface area contributed by atoms with E-state index in [2.05, 4.69) is 0 Å². The van der Waals surface area contributed by atoms with Gasteiger partial charge in [-0.05, 0) is 45.1 Å². The molecule has 1 aliphatic rings. The summed E-state index contributed by atoms with van der Waals surface area (Å²) >= 11 is 0. The van der Waals surface area contributed by atoms with E-state index in [4.69, 9.17) is 4.74 Å². The first kappa shape index (κ1) is 18.6. The molecule has 0 heterocycles. The summed E-state index contributed by atoms with van der Waals surface area (Å²) in [5.74, 6) is 0.571. The van der Waals surface area contributed by atoms with Gasteiger partial charge in [0.25, 0.3) is 0 Å².